The Bertz CT molecular complexity index is 435. The van der Waals surface area contributed by atoms with Crippen LogP contribution >= 0.6 is 0 Å². The van der Waals surface area contributed by atoms with Crippen molar-refractivity contribution in [3.8, 4) is 0 Å². The van der Waals surface area contributed by atoms with Gasteiger partial charge in [-0.2, -0.15) is 0 Å². The SMILES string of the molecule is CN[C@H]1[C@H](O)[C@@H](O)[C@H](N)[C@@H](O[C@H]2OC([C@H](C)N)=CC[C@H]2N)[C@@H]1O. The summed E-state index contributed by atoms with van der Waals surface area (Å²) in [6, 6.07) is -2.52. The highest BCUT2D eigenvalue weighted by Gasteiger charge is 2.49. The lowest BCUT2D eigenvalue weighted by Crippen LogP contribution is -2.70. The number of rotatable bonds is 4. The molecule has 2 aliphatic rings. The zero-order valence-corrected chi connectivity index (χ0v) is 13.4. The Labute approximate surface area is 135 Å². The fourth-order valence-electron chi connectivity index (χ4n) is 2.99. The van der Waals surface area contributed by atoms with Gasteiger partial charge < -0.3 is 47.3 Å². The molecular weight excluding hydrogens is 304 g/mol. The van der Waals surface area contributed by atoms with Crippen molar-refractivity contribution in [2.45, 2.75) is 68.2 Å². The van der Waals surface area contributed by atoms with E-state index >= 15 is 0 Å². The second-order valence-electron chi connectivity index (χ2n) is 6.25. The minimum atomic E-state index is -1.25. The predicted octanol–water partition coefficient (Wildman–Crippen LogP) is -3.31. The first-order valence-electron chi connectivity index (χ1n) is 7.78. The van der Waals surface area contributed by atoms with E-state index < -0.39 is 48.8 Å². The summed E-state index contributed by atoms with van der Waals surface area (Å²) in [5, 5.41) is 33.2. The van der Waals surface area contributed by atoms with E-state index in [1.807, 2.05) is 0 Å². The summed E-state index contributed by atoms with van der Waals surface area (Å²) >= 11 is 0. The third-order valence-corrected chi connectivity index (χ3v) is 4.46. The van der Waals surface area contributed by atoms with Crippen molar-refractivity contribution in [2.75, 3.05) is 7.05 Å². The van der Waals surface area contributed by atoms with Gasteiger partial charge in [0.05, 0.1) is 42.5 Å². The Kier molecular flexibility index (Phi) is 5.98. The van der Waals surface area contributed by atoms with Crippen molar-refractivity contribution >= 4 is 0 Å². The molecule has 0 bridgehead atoms. The maximum absolute atomic E-state index is 10.4. The van der Waals surface area contributed by atoms with Crippen molar-refractivity contribution in [3.05, 3.63) is 11.8 Å². The molecule has 0 saturated heterocycles. The van der Waals surface area contributed by atoms with Gasteiger partial charge in [0.25, 0.3) is 0 Å². The summed E-state index contributed by atoms with van der Waals surface area (Å²) in [6.07, 6.45) is -3.05. The van der Waals surface area contributed by atoms with Crippen LogP contribution in [0.2, 0.25) is 0 Å². The Morgan fingerprint density at radius 3 is 2.48 bits per heavy atom. The lowest BCUT2D eigenvalue weighted by molar-refractivity contribution is -0.228. The number of hydrogen-bond acceptors (Lipinski definition) is 9. The molecule has 1 saturated carbocycles. The van der Waals surface area contributed by atoms with E-state index in [1.54, 1.807) is 20.0 Å². The van der Waals surface area contributed by atoms with Crippen LogP contribution < -0.4 is 22.5 Å². The first-order valence-corrected chi connectivity index (χ1v) is 7.78. The second kappa shape index (κ2) is 7.41. The molecule has 2 rings (SSSR count). The van der Waals surface area contributed by atoms with Crippen LogP contribution in [-0.2, 0) is 9.47 Å². The fraction of sp³-hybridized carbons (Fsp3) is 0.857. The zero-order chi connectivity index (χ0) is 17.3. The van der Waals surface area contributed by atoms with Gasteiger partial charge in [0.1, 0.15) is 11.9 Å². The predicted molar refractivity (Wildman–Crippen MR) is 82.9 cm³/mol. The Morgan fingerprint density at radius 2 is 1.91 bits per heavy atom. The van der Waals surface area contributed by atoms with Gasteiger partial charge in [0, 0.05) is 0 Å². The molecule has 134 valence electrons. The number of aliphatic hydroxyl groups is 3. The lowest BCUT2D eigenvalue weighted by Gasteiger charge is -2.46. The summed E-state index contributed by atoms with van der Waals surface area (Å²) in [6.45, 7) is 1.78. The molecule has 0 aromatic rings. The van der Waals surface area contributed by atoms with Crippen LogP contribution in [0.3, 0.4) is 0 Å². The Hall–Kier alpha value is -0.780. The zero-order valence-electron chi connectivity index (χ0n) is 13.4. The molecular formula is C14H28N4O5. The Balaban J connectivity index is 2.12. The van der Waals surface area contributed by atoms with Crippen LogP contribution in [-0.4, -0.2) is 77.2 Å². The van der Waals surface area contributed by atoms with Crippen molar-refractivity contribution in [2.24, 2.45) is 17.2 Å². The minimum Gasteiger partial charge on any atom is -0.466 e. The van der Waals surface area contributed by atoms with E-state index in [4.69, 9.17) is 26.7 Å². The van der Waals surface area contributed by atoms with Crippen molar-refractivity contribution in [1.29, 1.82) is 0 Å². The standard InChI is InChI=1S/C14H28N4O5/c1-5(15)7-4-3-6(16)14(22-7)23-13-8(17)10(19)11(20)9(18-2)12(13)21/h4-6,8-14,18-21H,3,15-17H2,1-2H3/t5-,6+,8-,9-,10-,11-,12+,13+,14+/m0/s1. The van der Waals surface area contributed by atoms with Gasteiger partial charge in [-0.1, -0.05) is 0 Å². The van der Waals surface area contributed by atoms with Crippen LogP contribution in [0.5, 0.6) is 0 Å². The molecule has 1 heterocycles. The molecule has 9 nitrogen and oxygen atoms in total. The van der Waals surface area contributed by atoms with Gasteiger partial charge in [-0.05, 0) is 26.5 Å². The minimum absolute atomic E-state index is 0.309. The number of aliphatic hydroxyl groups excluding tert-OH is 3. The fourth-order valence-corrected chi connectivity index (χ4v) is 2.99. The first-order chi connectivity index (χ1) is 10.8. The van der Waals surface area contributed by atoms with Crippen LogP contribution in [0, 0.1) is 0 Å². The summed E-state index contributed by atoms with van der Waals surface area (Å²) in [4.78, 5) is 0. The van der Waals surface area contributed by atoms with E-state index in [0.29, 0.717) is 12.2 Å². The van der Waals surface area contributed by atoms with Crippen LogP contribution in [0.15, 0.2) is 11.8 Å². The van der Waals surface area contributed by atoms with Gasteiger partial charge in [0.2, 0.25) is 6.29 Å². The van der Waals surface area contributed by atoms with Gasteiger partial charge in [-0.3, -0.25) is 0 Å². The topological polar surface area (TPSA) is 169 Å². The maximum atomic E-state index is 10.4. The highest BCUT2D eigenvalue weighted by molar-refractivity contribution is 5.08. The molecule has 9 heteroatoms. The van der Waals surface area contributed by atoms with Crippen molar-refractivity contribution in [3.63, 3.8) is 0 Å². The third kappa shape index (κ3) is 3.67. The smallest absolute Gasteiger partial charge is 0.215 e. The van der Waals surface area contributed by atoms with E-state index in [1.165, 1.54) is 0 Å². The van der Waals surface area contributed by atoms with Crippen LogP contribution in [0.25, 0.3) is 0 Å². The van der Waals surface area contributed by atoms with Crippen LogP contribution in [0.1, 0.15) is 13.3 Å². The van der Waals surface area contributed by atoms with E-state index in [-0.39, 0.29) is 6.04 Å². The van der Waals surface area contributed by atoms with Crippen LogP contribution in [0.4, 0.5) is 0 Å². The first kappa shape index (κ1) is 18.6. The van der Waals surface area contributed by atoms with Gasteiger partial charge >= 0.3 is 0 Å². The van der Waals surface area contributed by atoms with E-state index in [9.17, 15) is 15.3 Å². The van der Waals surface area contributed by atoms with Crippen molar-refractivity contribution in [1.82, 2.24) is 5.32 Å². The number of ether oxygens (including phenoxy) is 2. The van der Waals surface area contributed by atoms with Gasteiger partial charge in [-0.25, -0.2) is 0 Å². The molecule has 0 aromatic heterocycles. The third-order valence-electron chi connectivity index (χ3n) is 4.46. The summed E-state index contributed by atoms with van der Waals surface area (Å²) in [5.74, 6) is 0.557. The molecule has 0 radical (unpaired) electrons. The molecule has 0 unspecified atom stereocenters. The van der Waals surface area contributed by atoms with Gasteiger partial charge in [-0.15, -0.1) is 0 Å². The molecule has 0 amide bonds. The monoisotopic (exact) mass is 332 g/mol. The average molecular weight is 332 g/mol. The van der Waals surface area contributed by atoms with Gasteiger partial charge in [0.15, 0.2) is 0 Å². The number of nitrogens with one attached hydrogen (secondary N) is 1. The van der Waals surface area contributed by atoms with E-state index in [0.717, 1.165) is 0 Å². The summed E-state index contributed by atoms with van der Waals surface area (Å²) in [5.41, 5.74) is 17.7. The largest absolute Gasteiger partial charge is 0.466 e. The maximum Gasteiger partial charge on any atom is 0.215 e. The molecule has 1 fully saturated rings. The quantitative estimate of drug-likeness (QED) is 0.278. The normalized spacial score (nSPS) is 46.0. The number of likely N-dealkylation sites (N-methyl/N-ethyl adjacent to an activating group) is 1. The molecule has 23 heavy (non-hydrogen) atoms. The molecule has 9 atom stereocenters. The molecule has 10 N–H and O–H groups in total. The molecule has 1 aliphatic carbocycles. The lowest BCUT2D eigenvalue weighted by atomic mass is 9.82. The summed E-state index contributed by atoms with van der Waals surface area (Å²) in [7, 11) is 1.57. The molecule has 0 spiro atoms. The average Bonchev–Trinajstić information content (AvgIpc) is 2.51. The number of nitrogens with two attached hydrogens (primary N) is 3. The molecule has 1 aliphatic heterocycles. The summed E-state index contributed by atoms with van der Waals surface area (Å²) < 4.78 is 11.4. The highest BCUT2D eigenvalue weighted by Crippen LogP contribution is 2.27. The number of hydrogen-bond donors (Lipinski definition) is 7. The van der Waals surface area contributed by atoms with E-state index in [2.05, 4.69) is 5.32 Å². The highest BCUT2D eigenvalue weighted by atomic mass is 16.7. The van der Waals surface area contributed by atoms with Crippen molar-refractivity contribution < 1.29 is 24.8 Å². The molecule has 0 aromatic carbocycles. The Morgan fingerprint density at radius 1 is 1.26 bits per heavy atom. The second-order valence-corrected chi connectivity index (χ2v) is 6.25.